The third kappa shape index (κ3) is 5.77. The summed E-state index contributed by atoms with van der Waals surface area (Å²) in [6, 6.07) is 4.24. The highest BCUT2D eigenvalue weighted by molar-refractivity contribution is 9.10. The largest absolute Gasteiger partial charge is 0.389 e. The first kappa shape index (κ1) is 16.7. The van der Waals surface area contributed by atoms with E-state index >= 15 is 0 Å². The molecule has 0 spiro atoms. The van der Waals surface area contributed by atoms with E-state index < -0.39 is 17.5 Å². The van der Waals surface area contributed by atoms with Gasteiger partial charge < -0.3 is 5.32 Å². The van der Waals surface area contributed by atoms with E-state index in [0.29, 0.717) is 10.2 Å². The van der Waals surface area contributed by atoms with Crippen molar-refractivity contribution in [2.45, 2.75) is 38.4 Å². The summed E-state index contributed by atoms with van der Waals surface area (Å²) in [6.45, 7) is 1.70. The fraction of sp³-hybridized carbons (Fsp3) is 0.500. The summed E-state index contributed by atoms with van der Waals surface area (Å²) >= 11 is 3.14. The van der Waals surface area contributed by atoms with Crippen LogP contribution in [0.1, 0.15) is 26.2 Å². The molecule has 0 heterocycles. The molecule has 0 radical (unpaired) electrons. The van der Waals surface area contributed by atoms with Gasteiger partial charge in [0.25, 0.3) is 5.69 Å². The Morgan fingerprint density at radius 3 is 2.65 bits per heavy atom. The zero-order chi connectivity index (χ0) is 15.3. The lowest BCUT2D eigenvalue weighted by atomic mass is 10.1. The lowest BCUT2D eigenvalue weighted by Crippen LogP contribution is -2.17. The average Bonchev–Trinajstić information content (AvgIpc) is 2.29. The van der Waals surface area contributed by atoms with Gasteiger partial charge in [-0.05, 0) is 31.9 Å². The SMILES string of the molecule is CC(CCCC(F)(F)F)Nc1ccc(Br)cc1[N+](=O)[O-]. The van der Waals surface area contributed by atoms with Crippen LogP contribution in [0.25, 0.3) is 0 Å². The molecule has 0 aromatic heterocycles. The number of nitro benzene ring substituents is 1. The highest BCUT2D eigenvalue weighted by Crippen LogP contribution is 2.29. The van der Waals surface area contributed by atoms with Crippen molar-refractivity contribution >= 4 is 27.3 Å². The van der Waals surface area contributed by atoms with E-state index in [2.05, 4.69) is 21.2 Å². The molecule has 1 N–H and O–H groups in total. The second kappa shape index (κ2) is 6.92. The zero-order valence-corrected chi connectivity index (χ0v) is 12.3. The Morgan fingerprint density at radius 2 is 2.10 bits per heavy atom. The monoisotopic (exact) mass is 354 g/mol. The van der Waals surface area contributed by atoms with E-state index in [1.165, 1.54) is 12.1 Å². The van der Waals surface area contributed by atoms with Crippen LogP contribution in [0.4, 0.5) is 24.5 Å². The molecular formula is C12H14BrF3N2O2. The van der Waals surface area contributed by atoms with Crippen LogP contribution in [-0.4, -0.2) is 17.1 Å². The predicted octanol–water partition coefficient (Wildman–Crippen LogP) is 4.89. The quantitative estimate of drug-likeness (QED) is 0.584. The summed E-state index contributed by atoms with van der Waals surface area (Å²) in [5, 5.41) is 13.8. The lowest BCUT2D eigenvalue weighted by Gasteiger charge is -2.16. The molecule has 1 atom stereocenters. The number of nitrogens with zero attached hydrogens (tertiary/aromatic N) is 1. The lowest BCUT2D eigenvalue weighted by molar-refractivity contribution is -0.384. The Bertz CT molecular complexity index is 480. The number of halogens is 4. The number of hydrogen-bond acceptors (Lipinski definition) is 3. The van der Waals surface area contributed by atoms with Gasteiger partial charge >= 0.3 is 6.18 Å². The van der Waals surface area contributed by atoms with Crippen molar-refractivity contribution < 1.29 is 18.1 Å². The van der Waals surface area contributed by atoms with Crippen molar-refractivity contribution in [3.8, 4) is 0 Å². The summed E-state index contributed by atoms with van der Waals surface area (Å²) < 4.78 is 36.7. The Kier molecular flexibility index (Phi) is 5.79. The van der Waals surface area contributed by atoms with Crippen LogP contribution in [0.5, 0.6) is 0 Å². The van der Waals surface area contributed by atoms with Gasteiger partial charge in [-0.1, -0.05) is 15.9 Å². The number of rotatable bonds is 6. The smallest absolute Gasteiger partial charge is 0.377 e. The molecule has 8 heteroatoms. The molecule has 0 bridgehead atoms. The number of alkyl halides is 3. The van der Waals surface area contributed by atoms with Gasteiger partial charge in [0.05, 0.1) is 4.92 Å². The van der Waals surface area contributed by atoms with Gasteiger partial charge in [-0.25, -0.2) is 0 Å². The van der Waals surface area contributed by atoms with E-state index in [1.54, 1.807) is 13.0 Å². The molecule has 0 aliphatic carbocycles. The topological polar surface area (TPSA) is 55.2 Å². The first-order chi connectivity index (χ1) is 9.19. The number of benzene rings is 1. The molecule has 1 aromatic carbocycles. The zero-order valence-electron chi connectivity index (χ0n) is 10.7. The third-order valence-electron chi connectivity index (χ3n) is 2.66. The van der Waals surface area contributed by atoms with E-state index in [0.717, 1.165) is 0 Å². The third-order valence-corrected chi connectivity index (χ3v) is 3.15. The van der Waals surface area contributed by atoms with E-state index in [-0.39, 0.29) is 24.6 Å². The van der Waals surface area contributed by atoms with Crippen molar-refractivity contribution in [3.63, 3.8) is 0 Å². The highest BCUT2D eigenvalue weighted by atomic mass is 79.9. The van der Waals surface area contributed by atoms with Gasteiger partial charge in [0.15, 0.2) is 0 Å². The molecule has 0 saturated carbocycles. The van der Waals surface area contributed by atoms with Crippen molar-refractivity contribution in [1.82, 2.24) is 0 Å². The molecule has 4 nitrogen and oxygen atoms in total. The molecule has 0 fully saturated rings. The predicted molar refractivity (Wildman–Crippen MR) is 73.8 cm³/mol. The van der Waals surface area contributed by atoms with E-state index in [1.807, 2.05) is 0 Å². The summed E-state index contributed by atoms with van der Waals surface area (Å²) in [7, 11) is 0. The molecule has 112 valence electrons. The minimum atomic E-state index is -4.16. The molecule has 0 aliphatic rings. The number of anilines is 1. The molecular weight excluding hydrogens is 341 g/mol. The standard InChI is InChI=1S/C12H14BrF3N2O2/c1-8(3-2-6-12(14,15)16)17-10-5-4-9(13)7-11(10)18(19)20/h4-5,7-8,17H,2-3,6H2,1H3. The van der Waals surface area contributed by atoms with Crippen molar-refractivity contribution in [1.29, 1.82) is 0 Å². The van der Waals surface area contributed by atoms with Gasteiger partial charge in [0, 0.05) is 23.0 Å². The molecule has 0 saturated heterocycles. The number of nitrogens with one attached hydrogen (secondary N) is 1. The van der Waals surface area contributed by atoms with Crippen LogP contribution in [-0.2, 0) is 0 Å². The van der Waals surface area contributed by atoms with Gasteiger partial charge in [-0.2, -0.15) is 13.2 Å². The van der Waals surface area contributed by atoms with Gasteiger partial charge in [-0.3, -0.25) is 10.1 Å². The van der Waals surface area contributed by atoms with E-state index in [9.17, 15) is 23.3 Å². The Morgan fingerprint density at radius 1 is 1.45 bits per heavy atom. The maximum absolute atomic E-state index is 12.0. The Labute approximate surface area is 122 Å². The Hall–Kier alpha value is -1.31. The fourth-order valence-corrected chi connectivity index (χ4v) is 2.07. The second-order valence-corrected chi connectivity index (χ2v) is 5.39. The van der Waals surface area contributed by atoms with Crippen molar-refractivity contribution in [3.05, 3.63) is 32.8 Å². The van der Waals surface area contributed by atoms with Crippen molar-refractivity contribution in [2.24, 2.45) is 0 Å². The fourth-order valence-electron chi connectivity index (χ4n) is 1.72. The van der Waals surface area contributed by atoms with Crippen LogP contribution < -0.4 is 5.32 Å². The van der Waals surface area contributed by atoms with Crippen LogP contribution in [0.15, 0.2) is 22.7 Å². The number of nitro groups is 1. The van der Waals surface area contributed by atoms with Crippen LogP contribution in [0, 0.1) is 10.1 Å². The average molecular weight is 355 g/mol. The molecule has 0 amide bonds. The maximum Gasteiger partial charge on any atom is 0.389 e. The highest BCUT2D eigenvalue weighted by Gasteiger charge is 2.26. The van der Waals surface area contributed by atoms with Crippen LogP contribution in [0.2, 0.25) is 0 Å². The maximum atomic E-state index is 12.0. The minimum absolute atomic E-state index is 0.0119. The normalized spacial score (nSPS) is 13.1. The minimum Gasteiger partial charge on any atom is -0.377 e. The molecule has 20 heavy (non-hydrogen) atoms. The summed E-state index contributed by atoms with van der Waals surface area (Å²) in [6.07, 6.45) is -4.74. The van der Waals surface area contributed by atoms with Crippen molar-refractivity contribution in [2.75, 3.05) is 5.32 Å². The summed E-state index contributed by atoms with van der Waals surface area (Å²) in [5.41, 5.74) is 0.194. The first-order valence-electron chi connectivity index (χ1n) is 5.96. The molecule has 1 unspecified atom stereocenters. The van der Waals surface area contributed by atoms with Crippen LogP contribution >= 0.6 is 15.9 Å². The molecule has 1 aromatic rings. The van der Waals surface area contributed by atoms with Gasteiger partial charge in [0.1, 0.15) is 5.69 Å². The summed E-state index contributed by atoms with van der Waals surface area (Å²) in [4.78, 5) is 10.4. The van der Waals surface area contributed by atoms with Gasteiger partial charge in [0.2, 0.25) is 0 Å². The Balaban J connectivity index is 2.62. The van der Waals surface area contributed by atoms with Gasteiger partial charge in [-0.15, -0.1) is 0 Å². The molecule has 0 aliphatic heterocycles. The number of hydrogen-bond donors (Lipinski definition) is 1. The second-order valence-electron chi connectivity index (χ2n) is 4.47. The molecule has 1 rings (SSSR count). The summed E-state index contributed by atoms with van der Waals surface area (Å²) in [5.74, 6) is 0. The first-order valence-corrected chi connectivity index (χ1v) is 6.75. The van der Waals surface area contributed by atoms with Crippen LogP contribution in [0.3, 0.4) is 0 Å². The van der Waals surface area contributed by atoms with E-state index in [4.69, 9.17) is 0 Å².